The molecule has 2 heterocycles. The highest BCUT2D eigenvalue weighted by Crippen LogP contribution is 2.38. The number of rotatable bonds is 7. The molecule has 1 aromatic heterocycles. The molecule has 136 valence electrons. The number of carbonyl (C=O) groups is 2. The lowest BCUT2D eigenvalue weighted by molar-refractivity contribution is -0.142. The first-order valence-electron chi connectivity index (χ1n) is 7.33. The maximum atomic E-state index is 12.8. The number of halogens is 1. The molecular formula is C15H17BrN2O6S. The molecule has 0 bridgehead atoms. The number of ketones is 1. The van der Waals surface area contributed by atoms with E-state index in [-0.39, 0.29) is 5.75 Å². The summed E-state index contributed by atoms with van der Waals surface area (Å²) in [6.45, 7) is 2.58. The van der Waals surface area contributed by atoms with E-state index in [1.807, 2.05) is 0 Å². The van der Waals surface area contributed by atoms with Gasteiger partial charge in [-0.25, -0.2) is 8.42 Å². The third kappa shape index (κ3) is 4.37. The highest BCUT2D eigenvalue weighted by molar-refractivity contribution is 9.09. The minimum absolute atomic E-state index is 0.182. The first kappa shape index (κ1) is 19.4. The quantitative estimate of drug-likeness (QED) is 0.510. The molecule has 0 radical (unpaired) electrons. The highest BCUT2D eigenvalue weighted by Gasteiger charge is 2.50. The van der Waals surface area contributed by atoms with E-state index in [0.717, 1.165) is 6.92 Å². The summed E-state index contributed by atoms with van der Waals surface area (Å²) in [5.41, 5.74) is -1.08. The van der Waals surface area contributed by atoms with Crippen molar-refractivity contribution in [2.75, 3.05) is 11.1 Å². The van der Waals surface area contributed by atoms with Gasteiger partial charge in [-0.2, -0.15) is 0 Å². The summed E-state index contributed by atoms with van der Waals surface area (Å²) >= 11 is 3.15. The van der Waals surface area contributed by atoms with Crippen LogP contribution in [0, 0.1) is 0 Å². The number of esters is 1. The van der Waals surface area contributed by atoms with Gasteiger partial charge < -0.3 is 9.47 Å². The summed E-state index contributed by atoms with van der Waals surface area (Å²) in [7, 11) is -3.77. The lowest BCUT2D eigenvalue weighted by Gasteiger charge is -2.23. The predicted molar refractivity (Wildman–Crippen MR) is 91.8 cm³/mol. The number of nitrogens with zero attached hydrogens (tertiary/aromatic N) is 1. The van der Waals surface area contributed by atoms with Crippen LogP contribution in [0.3, 0.4) is 0 Å². The van der Waals surface area contributed by atoms with Crippen molar-refractivity contribution in [2.24, 2.45) is 0 Å². The van der Waals surface area contributed by atoms with Gasteiger partial charge >= 0.3 is 5.97 Å². The van der Waals surface area contributed by atoms with Gasteiger partial charge in [0.15, 0.2) is 5.60 Å². The van der Waals surface area contributed by atoms with Crippen LogP contribution in [-0.2, 0) is 34.7 Å². The van der Waals surface area contributed by atoms with E-state index in [9.17, 15) is 18.0 Å². The molecule has 10 heteroatoms. The maximum absolute atomic E-state index is 12.8. The van der Waals surface area contributed by atoms with Gasteiger partial charge in [0.05, 0.1) is 5.75 Å². The minimum Gasteiger partial charge on any atom is -0.456 e. The Kier molecular flexibility index (Phi) is 5.83. The fourth-order valence-corrected chi connectivity index (χ4v) is 3.91. The van der Waals surface area contributed by atoms with Gasteiger partial charge in [-0.05, 0) is 25.5 Å². The third-order valence-corrected chi connectivity index (χ3v) is 5.31. The predicted octanol–water partition coefficient (Wildman–Crippen LogP) is 1.33. The van der Waals surface area contributed by atoms with Crippen molar-refractivity contribution in [3.05, 3.63) is 41.7 Å². The number of hydrogen-bond acceptors (Lipinski definition) is 7. The van der Waals surface area contributed by atoms with Crippen molar-refractivity contribution in [1.29, 1.82) is 0 Å². The fraction of sp³-hybridized carbons (Fsp3) is 0.400. The van der Waals surface area contributed by atoms with Gasteiger partial charge in [0.1, 0.15) is 0 Å². The molecule has 25 heavy (non-hydrogen) atoms. The van der Waals surface area contributed by atoms with Crippen LogP contribution in [0.5, 0.6) is 0 Å². The molecule has 2 rings (SSSR count). The van der Waals surface area contributed by atoms with Gasteiger partial charge in [-0.15, -0.1) is 0 Å². The molecule has 0 aromatic carbocycles. The molecule has 1 atom stereocenters. The Hall–Kier alpha value is -1.94. The molecule has 1 aliphatic heterocycles. The second-order valence-corrected chi connectivity index (χ2v) is 8.05. The van der Waals surface area contributed by atoms with E-state index in [1.54, 1.807) is 12.1 Å². The van der Waals surface area contributed by atoms with Crippen LogP contribution in [0.15, 0.2) is 36.2 Å². The van der Waals surface area contributed by atoms with Crippen molar-refractivity contribution in [3.8, 4) is 0 Å². The highest BCUT2D eigenvalue weighted by atomic mass is 79.9. The van der Waals surface area contributed by atoms with Crippen molar-refractivity contribution >= 4 is 37.7 Å². The van der Waals surface area contributed by atoms with Crippen molar-refractivity contribution in [1.82, 2.24) is 9.71 Å². The Morgan fingerprint density at radius 2 is 2.04 bits per heavy atom. The summed E-state index contributed by atoms with van der Waals surface area (Å²) < 4.78 is 37.0. The number of alkyl halides is 1. The zero-order chi connectivity index (χ0) is 18.7. The smallest absolute Gasteiger partial charge is 0.308 e. The summed E-state index contributed by atoms with van der Waals surface area (Å²) in [4.78, 5) is 27.9. The number of sulfonamides is 1. The normalized spacial score (nSPS) is 20.4. The number of hydrogen-bond donors (Lipinski definition) is 1. The van der Waals surface area contributed by atoms with Gasteiger partial charge in [0.25, 0.3) is 5.78 Å². The molecule has 0 spiro atoms. The topological polar surface area (TPSA) is 112 Å². The lowest BCUT2D eigenvalue weighted by atomic mass is 9.92. The number of Topliss-reactive ketones (excluding diaryl/α,β-unsaturated/α-hetero) is 1. The van der Waals surface area contributed by atoms with Crippen LogP contribution in [0.25, 0.3) is 0 Å². The molecule has 1 aliphatic rings. The first-order chi connectivity index (χ1) is 11.7. The molecular weight excluding hydrogens is 416 g/mol. The van der Waals surface area contributed by atoms with Crippen LogP contribution in [0.1, 0.15) is 25.8 Å². The Bertz CT molecular complexity index is 809. The summed E-state index contributed by atoms with van der Waals surface area (Å²) in [6, 6.07) is 3.12. The molecule has 0 fully saturated rings. The molecule has 1 aromatic rings. The zero-order valence-corrected chi connectivity index (χ0v) is 16.0. The molecule has 0 amide bonds. The standard InChI is InChI=1S/C15H17BrN2O6S/c1-10(19)23-12-13(20)15(2,11-4-7-17-8-5-11)24-14(12)18-25(21,22)9-3-6-16/h4-5,7-8,18H,3,6,9H2,1-2H3. The van der Waals surface area contributed by atoms with Gasteiger partial charge in [-0.3, -0.25) is 19.3 Å². The van der Waals surface area contributed by atoms with E-state index in [4.69, 9.17) is 9.47 Å². The number of carbonyl (C=O) groups excluding carboxylic acids is 2. The van der Waals surface area contributed by atoms with E-state index < -0.39 is 39.0 Å². The average Bonchev–Trinajstić information content (AvgIpc) is 2.78. The SMILES string of the molecule is CC(=O)OC1=C(NS(=O)(=O)CCCBr)OC(C)(c2ccncc2)C1=O. The second-order valence-electron chi connectivity index (χ2n) is 5.42. The molecule has 8 nitrogen and oxygen atoms in total. The second kappa shape index (κ2) is 7.52. The van der Waals surface area contributed by atoms with Crippen LogP contribution in [-0.4, -0.2) is 36.2 Å². The zero-order valence-electron chi connectivity index (χ0n) is 13.6. The van der Waals surface area contributed by atoms with Crippen LogP contribution < -0.4 is 4.72 Å². The summed E-state index contributed by atoms with van der Waals surface area (Å²) in [5.74, 6) is -2.46. The third-order valence-electron chi connectivity index (χ3n) is 3.42. The number of nitrogens with one attached hydrogen (secondary N) is 1. The van der Waals surface area contributed by atoms with Crippen molar-refractivity contribution < 1.29 is 27.5 Å². The molecule has 0 saturated carbocycles. The largest absolute Gasteiger partial charge is 0.456 e. The van der Waals surface area contributed by atoms with Crippen LogP contribution in [0.4, 0.5) is 0 Å². The fourth-order valence-electron chi connectivity index (χ4n) is 2.22. The van der Waals surface area contributed by atoms with E-state index in [0.29, 0.717) is 17.3 Å². The minimum atomic E-state index is -3.77. The summed E-state index contributed by atoms with van der Waals surface area (Å²) in [5, 5.41) is 0.498. The molecule has 0 saturated heterocycles. The van der Waals surface area contributed by atoms with Crippen molar-refractivity contribution in [3.63, 3.8) is 0 Å². The van der Waals surface area contributed by atoms with E-state index in [2.05, 4.69) is 25.6 Å². The maximum Gasteiger partial charge on any atom is 0.308 e. The Morgan fingerprint density at radius 1 is 1.40 bits per heavy atom. The summed E-state index contributed by atoms with van der Waals surface area (Å²) in [6.07, 6.45) is 3.31. The van der Waals surface area contributed by atoms with E-state index >= 15 is 0 Å². The Labute approximate surface area is 153 Å². The van der Waals surface area contributed by atoms with E-state index in [1.165, 1.54) is 19.3 Å². The first-order valence-corrected chi connectivity index (χ1v) is 10.1. The van der Waals surface area contributed by atoms with Crippen LogP contribution in [0.2, 0.25) is 0 Å². The lowest BCUT2D eigenvalue weighted by Crippen LogP contribution is -2.33. The van der Waals surface area contributed by atoms with Gasteiger partial charge in [0, 0.05) is 30.2 Å². The number of ether oxygens (including phenoxy) is 2. The number of pyridine rings is 1. The molecule has 1 unspecified atom stereocenters. The van der Waals surface area contributed by atoms with Crippen LogP contribution >= 0.6 is 15.9 Å². The Balaban J connectivity index is 2.38. The molecule has 0 aliphatic carbocycles. The Morgan fingerprint density at radius 3 is 2.60 bits per heavy atom. The monoisotopic (exact) mass is 432 g/mol. The molecule has 1 N–H and O–H groups in total. The van der Waals surface area contributed by atoms with Crippen molar-refractivity contribution in [2.45, 2.75) is 25.9 Å². The number of aromatic nitrogens is 1. The van der Waals surface area contributed by atoms with Gasteiger partial charge in [0.2, 0.25) is 21.7 Å². The average molecular weight is 433 g/mol. The van der Waals surface area contributed by atoms with Gasteiger partial charge in [-0.1, -0.05) is 15.9 Å².